The predicted molar refractivity (Wildman–Crippen MR) is 147 cm³/mol. The van der Waals surface area contributed by atoms with E-state index in [1.165, 1.54) is 10.8 Å². The zero-order valence-corrected chi connectivity index (χ0v) is 23.1. The van der Waals surface area contributed by atoms with Crippen LogP contribution in [-0.2, 0) is 19.1 Å². The van der Waals surface area contributed by atoms with E-state index < -0.39 is 28.8 Å². The Kier molecular flexibility index (Phi) is 7.50. The molecule has 0 unspecified atom stereocenters. The third-order valence-electron chi connectivity index (χ3n) is 8.36. The lowest BCUT2D eigenvalue weighted by Crippen LogP contribution is -2.44. The number of rotatable bonds is 6. The van der Waals surface area contributed by atoms with Crippen LogP contribution in [0, 0.1) is 17.6 Å². The normalized spacial score (nSPS) is 17.0. The van der Waals surface area contributed by atoms with Crippen molar-refractivity contribution in [1.29, 1.82) is 0 Å². The maximum absolute atomic E-state index is 15.5. The topological polar surface area (TPSA) is 67.4 Å². The fourth-order valence-corrected chi connectivity index (χ4v) is 5.92. The molecular weight excluding hydrogens is 557 g/mol. The monoisotopic (exact) mass is 587 g/mol. The lowest BCUT2D eigenvalue weighted by Gasteiger charge is -2.34. The summed E-state index contributed by atoms with van der Waals surface area (Å²) >= 11 is 0. The van der Waals surface area contributed by atoms with Crippen LogP contribution in [0.2, 0.25) is 0 Å². The van der Waals surface area contributed by atoms with Crippen molar-refractivity contribution in [2.45, 2.75) is 44.8 Å². The Balaban J connectivity index is 1.45. The molecule has 12 heteroatoms. The SMILES string of the molecule is CN1CCN(c2cc3c(cc2F)c(=O)c(-c2noc(CC4CCCC4)n2)cn3Cc2ccc(C(F)(F)F)cc2F)CC1. The maximum atomic E-state index is 15.5. The van der Waals surface area contributed by atoms with Crippen LogP contribution < -0.4 is 10.3 Å². The van der Waals surface area contributed by atoms with Crippen molar-refractivity contribution < 1.29 is 26.5 Å². The van der Waals surface area contributed by atoms with Crippen molar-refractivity contribution in [3.63, 3.8) is 0 Å². The molecule has 0 radical (unpaired) electrons. The van der Waals surface area contributed by atoms with E-state index in [-0.39, 0.29) is 28.9 Å². The number of aromatic nitrogens is 3. The largest absolute Gasteiger partial charge is 0.416 e. The molecule has 6 rings (SSSR count). The highest BCUT2D eigenvalue weighted by Crippen LogP contribution is 2.32. The molecule has 2 aromatic carbocycles. The zero-order valence-electron chi connectivity index (χ0n) is 23.1. The summed E-state index contributed by atoms with van der Waals surface area (Å²) < 4.78 is 76.9. The fraction of sp³-hybridized carbons (Fsp3) is 0.433. The Morgan fingerprint density at radius 3 is 2.43 bits per heavy atom. The van der Waals surface area contributed by atoms with E-state index >= 15 is 4.39 Å². The molecule has 2 aromatic heterocycles. The highest BCUT2D eigenvalue weighted by Gasteiger charge is 2.31. The van der Waals surface area contributed by atoms with Gasteiger partial charge < -0.3 is 18.9 Å². The van der Waals surface area contributed by atoms with Gasteiger partial charge in [0.15, 0.2) is 0 Å². The van der Waals surface area contributed by atoms with Crippen LogP contribution in [0.25, 0.3) is 22.3 Å². The van der Waals surface area contributed by atoms with Crippen LogP contribution in [0.5, 0.6) is 0 Å². The number of hydrogen-bond donors (Lipinski definition) is 0. The van der Waals surface area contributed by atoms with Gasteiger partial charge in [-0.05, 0) is 50.1 Å². The summed E-state index contributed by atoms with van der Waals surface area (Å²) in [6.07, 6.45) is 1.75. The van der Waals surface area contributed by atoms with Gasteiger partial charge >= 0.3 is 6.18 Å². The van der Waals surface area contributed by atoms with E-state index in [1.807, 2.05) is 11.9 Å². The Morgan fingerprint density at radius 2 is 1.74 bits per heavy atom. The van der Waals surface area contributed by atoms with Crippen molar-refractivity contribution in [1.82, 2.24) is 19.6 Å². The third kappa shape index (κ3) is 5.64. The van der Waals surface area contributed by atoms with Crippen molar-refractivity contribution in [3.8, 4) is 11.4 Å². The van der Waals surface area contributed by atoms with E-state index in [1.54, 1.807) is 6.07 Å². The first-order chi connectivity index (χ1) is 20.1. The predicted octanol–water partition coefficient (Wildman–Crippen LogP) is 5.88. The van der Waals surface area contributed by atoms with E-state index in [9.17, 15) is 22.4 Å². The molecule has 1 aliphatic heterocycles. The van der Waals surface area contributed by atoms with Gasteiger partial charge in [0.2, 0.25) is 17.1 Å². The van der Waals surface area contributed by atoms with Crippen LogP contribution >= 0.6 is 0 Å². The second-order valence-corrected chi connectivity index (χ2v) is 11.3. The first kappa shape index (κ1) is 28.3. The number of halogens is 5. The second kappa shape index (κ2) is 11.1. The molecule has 0 bridgehead atoms. The van der Waals surface area contributed by atoms with Crippen LogP contribution in [0.3, 0.4) is 0 Å². The van der Waals surface area contributed by atoms with Crippen molar-refractivity contribution in [3.05, 3.63) is 75.4 Å². The molecule has 1 aliphatic carbocycles. The summed E-state index contributed by atoms with van der Waals surface area (Å²) in [5.41, 5.74) is -1.01. The molecule has 3 heterocycles. The first-order valence-corrected chi connectivity index (χ1v) is 14.1. The van der Waals surface area contributed by atoms with Gasteiger partial charge in [0.05, 0.1) is 28.9 Å². The lowest BCUT2D eigenvalue weighted by atomic mass is 10.0. The third-order valence-corrected chi connectivity index (χ3v) is 8.36. The molecule has 0 amide bonds. The Labute approximate surface area is 238 Å². The van der Waals surface area contributed by atoms with Crippen LogP contribution in [-0.4, -0.2) is 52.8 Å². The molecule has 1 saturated carbocycles. The summed E-state index contributed by atoms with van der Waals surface area (Å²) in [6, 6.07) is 5.04. The number of piperazine rings is 1. The number of fused-ring (bicyclic) bond motifs is 1. The Bertz CT molecular complexity index is 1670. The maximum Gasteiger partial charge on any atom is 0.416 e. The minimum Gasteiger partial charge on any atom is -0.367 e. The number of benzene rings is 2. The minimum atomic E-state index is -4.69. The number of nitrogens with zero attached hydrogens (tertiary/aromatic N) is 5. The molecule has 7 nitrogen and oxygen atoms in total. The molecule has 222 valence electrons. The standard InChI is InChI=1S/C30H30F5N5O2/c1-38-8-10-39(11-9-38)26-15-25-21(14-24(26)32)28(41)22(29-36-27(42-37-29)12-18-4-2-3-5-18)17-40(25)16-19-6-7-20(13-23(19)31)30(33,34)35/h6-7,13-15,17-18H,2-5,8-12,16H2,1H3. The quantitative estimate of drug-likeness (QED) is 0.263. The average molecular weight is 588 g/mol. The average Bonchev–Trinajstić information content (AvgIpc) is 3.64. The second-order valence-electron chi connectivity index (χ2n) is 11.3. The lowest BCUT2D eigenvalue weighted by molar-refractivity contribution is -0.137. The highest BCUT2D eigenvalue weighted by atomic mass is 19.4. The molecule has 2 aliphatic rings. The molecule has 4 aromatic rings. The Hall–Kier alpha value is -3.80. The summed E-state index contributed by atoms with van der Waals surface area (Å²) in [4.78, 5) is 22.1. The van der Waals surface area contributed by atoms with Crippen LogP contribution in [0.4, 0.5) is 27.6 Å². The van der Waals surface area contributed by atoms with Crippen molar-refractivity contribution in [2.75, 3.05) is 38.1 Å². The van der Waals surface area contributed by atoms with Gasteiger partial charge in [0.25, 0.3) is 0 Å². The molecule has 42 heavy (non-hydrogen) atoms. The van der Waals surface area contributed by atoms with E-state index in [2.05, 4.69) is 15.0 Å². The van der Waals surface area contributed by atoms with Gasteiger partial charge in [0, 0.05) is 49.7 Å². The number of alkyl halides is 3. The van der Waals surface area contributed by atoms with Crippen LogP contribution in [0.15, 0.2) is 45.8 Å². The van der Waals surface area contributed by atoms with E-state index in [0.717, 1.165) is 57.0 Å². The van der Waals surface area contributed by atoms with Gasteiger partial charge in [-0.15, -0.1) is 0 Å². The van der Waals surface area contributed by atoms with E-state index in [0.29, 0.717) is 48.6 Å². The van der Waals surface area contributed by atoms with E-state index in [4.69, 9.17) is 4.52 Å². The summed E-state index contributed by atoms with van der Waals surface area (Å²) in [7, 11) is 1.98. The van der Waals surface area contributed by atoms with Gasteiger partial charge in [-0.3, -0.25) is 4.79 Å². The molecule has 0 atom stereocenters. The number of hydrogen-bond acceptors (Lipinski definition) is 6. The van der Waals surface area contributed by atoms with Crippen molar-refractivity contribution >= 4 is 16.6 Å². The van der Waals surface area contributed by atoms with Gasteiger partial charge in [-0.2, -0.15) is 18.2 Å². The summed E-state index contributed by atoms with van der Waals surface area (Å²) in [6.45, 7) is 2.37. The summed E-state index contributed by atoms with van der Waals surface area (Å²) in [5.74, 6) is -0.772. The minimum absolute atomic E-state index is 0.0253. The highest BCUT2D eigenvalue weighted by molar-refractivity contribution is 5.86. The molecule has 1 saturated heterocycles. The summed E-state index contributed by atoms with van der Waals surface area (Å²) in [5, 5.41) is 4.04. The van der Waals surface area contributed by atoms with Gasteiger partial charge in [-0.25, -0.2) is 8.78 Å². The zero-order chi connectivity index (χ0) is 29.6. The Morgan fingerprint density at radius 1 is 1.00 bits per heavy atom. The van der Waals surface area contributed by atoms with Crippen molar-refractivity contribution in [2.24, 2.45) is 5.92 Å². The fourth-order valence-electron chi connectivity index (χ4n) is 5.92. The number of likely N-dealkylation sites (N-methyl/N-ethyl adjacent to an activating group) is 1. The molecule has 0 N–H and O–H groups in total. The molecular formula is C30H30F5N5O2. The van der Waals surface area contributed by atoms with Gasteiger partial charge in [0.1, 0.15) is 11.6 Å². The first-order valence-electron chi connectivity index (χ1n) is 14.1. The molecule has 2 fully saturated rings. The number of pyridine rings is 1. The molecule has 0 spiro atoms. The van der Waals surface area contributed by atoms with Crippen LogP contribution in [0.1, 0.15) is 42.7 Å². The van der Waals surface area contributed by atoms with Gasteiger partial charge in [-0.1, -0.05) is 24.1 Å². The smallest absolute Gasteiger partial charge is 0.367 e. The number of anilines is 1.